The Hall–Kier alpha value is -3.35. The van der Waals surface area contributed by atoms with Gasteiger partial charge in [-0.05, 0) is 50.6 Å². The van der Waals surface area contributed by atoms with Gasteiger partial charge in [-0.2, -0.15) is 5.10 Å². The number of benzene rings is 1. The standard InChI is InChI=1S/C23H26N4O3/c1-23(2,3)30-22(28)26-13-14-27-18(15-26)20(16-9-11-24-12-10-16)21(25-27)17-7-5-6-8-19(17)29-4/h5-12H,13-15H2,1-4H3. The van der Waals surface area contributed by atoms with Crippen LogP contribution in [-0.2, 0) is 17.8 Å². The molecule has 7 nitrogen and oxygen atoms in total. The lowest BCUT2D eigenvalue weighted by atomic mass is 9.98. The third-order valence-electron chi connectivity index (χ3n) is 4.96. The molecular formula is C23H26N4O3. The predicted octanol–water partition coefficient (Wildman–Crippen LogP) is 4.37. The van der Waals surface area contributed by atoms with E-state index in [2.05, 4.69) is 4.98 Å². The molecule has 1 aliphatic heterocycles. The number of rotatable bonds is 3. The third-order valence-corrected chi connectivity index (χ3v) is 4.96. The first-order valence-electron chi connectivity index (χ1n) is 9.99. The second-order valence-electron chi connectivity index (χ2n) is 8.23. The van der Waals surface area contributed by atoms with Crippen LogP contribution in [0, 0.1) is 0 Å². The van der Waals surface area contributed by atoms with Crippen molar-refractivity contribution in [1.29, 1.82) is 0 Å². The molecule has 0 unspecified atom stereocenters. The minimum Gasteiger partial charge on any atom is -0.496 e. The Bertz CT molecular complexity index is 1050. The quantitative estimate of drug-likeness (QED) is 0.646. The van der Waals surface area contributed by atoms with Crippen molar-refractivity contribution in [2.24, 2.45) is 0 Å². The second-order valence-corrected chi connectivity index (χ2v) is 8.23. The van der Waals surface area contributed by atoms with Crippen molar-refractivity contribution in [1.82, 2.24) is 19.7 Å². The van der Waals surface area contributed by atoms with Crippen LogP contribution < -0.4 is 4.74 Å². The van der Waals surface area contributed by atoms with Gasteiger partial charge in [-0.15, -0.1) is 0 Å². The van der Waals surface area contributed by atoms with Gasteiger partial charge in [0.15, 0.2) is 0 Å². The molecule has 0 radical (unpaired) electrons. The largest absolute Gasteiger partial charge is 0.496 e. The van der Waals surface area contributed by atoms with Gasteiger partial charge in [0.1, 0.15) is 17.0 Å². The van der Waals surface area contributed by atoms with Gasteiger partial charge in [-0.25, -0.2) is 4.79 Å². The number of para-hydroxylation sites is 1. The molecule has 7 heteroatoms. The highest BCUT2D eigenvalue weighted by Crippen LogP contribution is 2.39. The van der Waals surface area contributed by atoms with E-state index in [9.17, 15) is 4.79 Å². The summed E-state index contributed by atoms with van der Waals surface area (Å²) in [5.41, 5.74) is 4.16. The average Bonchev–Trinajstić information content (AvgIpc) is 3.11. The molecular weight excluding hydrogens is 380 g/mol. The van der Waals surface area contributed by atoms with E-state index in [0.29, 0.717) is 19.6 Å². The van der Waals surface area contributed by atoms with Crippen LogP contribution in [0.4, 0.5) is 4.79 Å². The number of pyridine rings is 1. The lowest BCUT2D eigenvalue weighted by Crippen LogP contribution is -2.41. The molecule has 1 amide bonds. The van der Waals surface area contributed by atoms with E-state index >= 15 is 0 Å². The molecule has 1 aromatic carbocycles. The van der Waals surface area contributed by atoms with E-state index in [4.69, 9.17) is 14.6 Å². The molecule has 0 bridgehead atoms. The van der Waals surface area contributed by atoms with E-state index in [-0.39, 0.29) is 6.09 Å². The Morgan fingerprint density at radius 3 is 2.50 bits per heavy atom. The molecule has 3 heterocycles. The normalized spacial score (nSPS) is 13.7. The highest BCUT2D eigenvalue weighted by Gasteiger charge is 2.31. The van der Waals surface area contributed by atoms with Crippen molar-refractivity contribution >= 4 is 6.09 Å². The topological polar surface area (TPSA) is 69.5 Å². The zero-order valence-electron chi connectivity index (χ0n) is 17.8. The van der Waals surface area contributed by atoms with Gasteiger partial charge in [-0.1, -0.05) is 12.1 Å². The molecule has 30 heavy (non-hydrogen) atoms. The monoisotopic (exact) mass is 406 g/mol. The summed E-state index contributed by atoms with van der Waals surface area (Å²) < 4.78 is 13.2. The van der Waals surface area contributed by atoms with Gasteiger partial charge < -0.3 is 14.4 Å². The Morgan fingerprint density at radius 1 is 1.07 bits per heavy atom. The Kier molecular flexibility index (Phi) is 5.20. The highest BCUT2D eigenvalue weighted by atomic mass is 16.6. The number of aromatic nitrogens is 3. The molecule has 0 spiro atoms. The summed E-state index contributed by atoms with van der Waals surface area (Å²) in [6, 6.07) is 11.8. The van der Waals surface area contributed by atoms with Gasteiger partial charge in [0.25, 0.3) is 0 Å². The van der Waals surface area contributed by atoms with Crippen LogP contribution in [0.2, 0.25) is 0 Å². The first-order chi connectivity index (χ1) is 14.4. The van der Waals surface area contributed by atoms with E-state index in [1.165, 1.54) is 0 Å². The molecule has 0 N–H and O–H groups in total. The fraction of sp³-hybridized carbons (Fsp3) is 0.348. The summed E-state index contributed by atoms with van der Waals surface area (Å²) in [4.78, 5) is 18.6. The summed E-state index contributed by atoms with van der Waals surface area (Å²) in [5, 5.41) is 4.91. The lowest BCUT2D eigenvalue weighted by Gasteiger charge is -2.30. The summed E-state index contributed by atoms with van der Waals surface area (Å²) in [6.45, 7) is 7.20. The summed E-state index contributed by atoms with van der Waals surface area (Å²) >= 11 is 0. The molecule has 4 rings (SSSR count). The number of methoxy groups -OCH3 is 1. The summed E-state index contributed by atoms with van der Waals surface area (Å²) in [6.07, 6.45) is 3.22. The van der Waals surface area contributed by atoms with Crippen molar-refractivity contribution in [3.8, 4) is 28.1 Å². The second kappa shape index (κ2) is 7.82. The SMILES string of the molecule is COc1ccccc1-c1nn2c(c1-c1ccncc1)CN(C(=O)OC(C)(C)C)CC2. The van der Waals surface area contributed by atoms with E-state index in [0.717, 1.165) is 33.8 Å². The first kappa shape index (κ1) is 19.9. The van der Waals surface area contributed by atoms with Crippen molar-refractivity contribution in [3.63, 3.8) is 0 Å². The number of hydrogen-bond acceptors (Lipinski definition) is 5. The van der Waals surface area contributed by atoms with Crippen LogP contribution in [0.3, 0.4) is 0 Å². The number of hydrogen-bond donors (Lipinski definition) is 0. The number of amides is 1. The Balaban J connectivity index is 1.81. The van der Waals surface area contributed by atoms with Gasteiger partial charge in [0.2, 0.25) is 0 Å². The minimum atomic E-state index is -0.536. The van der Waals surface area contributed by atoms with Crippen LogP contribution in [0.5, 0.6) is 5.75 Å². The van der Waals surface area contributed by atoms with E-state index < -0.39 is 5.60 Å². The zero-order valence-corrected chi connectivity index (χ0v) is 17.8. The van der Waals surface area contributed by atoms with Crippen LogP contribution in [-0.4, -0.2) is 45.0 Å². The molecule has 3 aromatic rings. The summed E-state index contributed by atoms with van der Waals surface area (Å²) in [5.74, 6) is 0.757. The number of ether oxygens (including phenoxy) is 2. The highest BCUT2D eigenvalue weighted by molar-refractivity contribution is 5.85. The van der Waals surface area contributed by atoms with Crippen molar-refractivity contribution < 1.29 is 14.3 Å². The first-order valence-corrected chi connectivity index (χ1v) is 9.99. The smallest absolute Gasteiger partial charge is 0.410 e. The molecule has 0 fully saturated rings. The third kappa shape index (κ3) is 3.87. The van der Waals surface area contributed by atoms with Gasteiger partial charge >= 0.3 is 6.09 Å². The van der Waals surface area contributed by atoms with Crippen LogP contribution in [0.25, 0.3) is 22.4 Å². The lowest BCUT2D eigenvalue weighted by molar-refractivity contribution is 0.0195. The Morgan fingerprint density at radius 2 is 1.80 bits per heavy atom. The van der Waals surface area contributed by atoms with Crippen LogP contribution >= 0.6 is 0 Å². The van der Waals surface area contributed by atoms with Crippen molar-refractivity contribution in [2.75, 3.05) is 13.7 Å². The van der Waals surface area contributed by atoms with E-state index in [1.54, 1.807) is 24.4 Å². The average molecular weight is 406 g/mol. The van der Waals surface area contributed by atoms with Gasteiger partial charge in [0.05, 0.1) is 25.9 Å². The zero-order chi connectivity index (χ0) is 21.3. The molecule has 0 atom stereocenters. The van der Waals surface area contributed by atoms with Crippen LogP contribution in [0.15, 0.2) is 48.8 Å². The Labute approximate surface area is 176 Å². The minimum absolute atomic E-state index is 0.311. The maximum atomic E-state index is 12.7. The molecule has 2 aromatic heterocycles. The maximum Gasteiger partial charge on any atom is 0.410 e. The number of fused-ring (bicyclic) bond motifs is 1. The van der Waals surface area contributed by atoms with Crippen LogP contribution in [0.1, 0.15) is 26.5 Å². The van der Waals surface area contributed by atoms with Crippen molar-refractivity contribution in [3.05, 3.63) is 54.5 Å². The fourth-order valence-electron chi connectivity index (χ4n) is 3.65. The fourth-order valence-corrected chi connectivity index (χ4v) is 3.65. The number of carbonyl (C=O) groups is 1. The maximum absolute atomic E-state index is 12.7. The predicted molar refractivity (Wildman–Crippen MR) is 114 cm³/mol. The molecule has 0 saturated heterocycles. The molecule has 156 valence electrons. The molecule has 0 saturated carbocycles. The van der Waals surface area contributed by atoms with Crippen molar-refractivity contribution in [2.45, 2.75) is 39.5 Å². The van der Waals surface area contributed by atoms with Gasteiger partial charge in [-0.3, -0.25) is 9.67 Å². The van der Waals surface area contributed by atoms with E-state index in [1.807, 2.05) is 61.9 Å². The number of carbonyl (C=O) groups excluding carboxylic acids is 1. The number of nitrogens with zero attached hydrogens (tertiary/aromatic N) is 4. The van der Waals surface area contributed by atoms with Gasteiger partial charge in [0, 0.05) is 30.1 Å². The summed E-state index contributed by atoms with van der Waals surface area (Å²) in [7, 11) is 1.66. The molecule has 1 aliphatic rings. The molecule has 0 aliphatic carbocycles.